The molecule has 0 unspecified atom stereocenters. The number of halogens is 3. The number of alkyl halides is 3. The van der Waals surface area contributed by atoms with Crippen LogP contribution in [-0.4, -0.2) is 10.5 Å². The van der Waals surface area contributed by atoms with Gasteiger partial charge in [-0.05, 0) is 29.8 Å². The van der Waals surface area contributed by atoms with Crippen LogP contribution in [0, 0.1) is 0 Å². The largest absolute Gasteiger partial charge is 0.416 e. The number of nitrogens with zero attached hydrogens (tertiary/aromatic N) is 1. The minimum atomic E-state index is -4.46. The summed E-state index contributed by atoms with van der Waals surface area (Å²) in [7, 11) is 0. The summed E-state index contributed by atoms with van der Waals surface area (Å²) in [5.41, 5.74) is 3.22. The summed E-state index contributed by atoms with van der Waals surface area (Å²) >= 11 is 0. The molecule has 5 rings (SSSR count). The Labute approximate surface area is 176 Å². The Kier molecular flexibility index (Phi) is 4.43. The highest BCUT2D eigenvalue weighted by Gasteiger charge is 2.33. The average molecular weight is 418 g/mol. The lowest BCUT2D eigenvalue weighted by Crippen LogP contribution is -2.06. The molecule has 0 radical (unpaired) electrons. The minimum Gasteiger partial charge on any atom is -0.342 e. The van der Waals surface area contributed by atoms with Gasteiger partial charge in [0.1, 0.15) is 0 Å². The van der Waals surface area contributed by atoms with Crippen molar-refractivity contribution in [2.24, 2.45) is 0 Å². The molecule has 31 heavy (non-hydrogen) atoms. The molecule has 2 heterocycles. The van der Waals surface area contributed by atoms with Crippen LogP contribution in [0.1, 0.15) is 22.3 Å². The molecule has 3 aromatic carbocycles. The van der Waals surface area contributed by atoms with E-state index in [2.05, 4.69) is 9.88 Å². The Balaban J connectivity index is 1.59. The van der Waals surface area contributed by atoms with Crippen LogP contribution in [0.3, 0.4) is 0 Å². The van der Waals surface area contributed by atoms with Crippen LogP contribution in [0.15, 0.2) is 79.0 Å². The first-order valence-electron chi connectivity index (χ1n) is 9.76. The normalized spacial score (nSPS) is 14.8. The molecule has 0 saturated heterocycles. The summed E-state index contributed by atoms with van der Waals surface area (Å²) in [5, 5.41) is 3.53. The van der Waals surface area contributed by atoms with Crippen molar-refractivity contribution in [1.82, 2.24) is 4.57 Å². The number of anilines is 1. The Morgan fingerprint density at radius 1 is 0.935 bits per heavy atom. The van der Waals surface area contributed by atoms with Gasteiger partial charge in [0.15, 0.2) is 0 Å². The van der Waals surface area contributed by atoms with Crippen molar-refractivity contribution in [3.8, 4) is 0 Å². The molecule has 0 saturated carbocycles. The monoisotopic (exact) mass is 418 g/mol. The van der Waals surface area contributed by atoms with Gasteiger partial charge in [0.05, 0.1) is 5.56 Å². The third-order valence-electron chi connectivity index (χ3n) is 5.44. The summed E-state index contributed by atoms with van der Waals surface area (Å²) in [6, 6.07) is 21.2. The first-order chi connectivity index (χ1) is 14.9. The van der Waals surface area contributed by atoms with Gasteiger partial charge >= 0.3 is 6.18 Å². The fourth-order valence-electron chi connectivity index (χ4n) is 3.97. The molecule has 154 valence electrons. The molecule has 0 spiro atoms. The number of fused-ring (bicyclic) bond motifs is 2. The lowest BCUT2D eigenvalue weighted by atomic mass is 10.0. The molecule has 1 aliphatic heterocycles. The molecule has 0 atom stereocenters. The number of para-hydroxylation sites is 1. The van der Waals surface area contributed by atoms with Crippen molar-refractivity contribution in [2.75, 3.05) is 5.32 Å². The topological polar surface area (TPSA) is 34.0 Å². The maximum atomic E-state index is 13.0. The van der Waals surface area contributed by atoms with Crippen molar-refractivity contribution in [3.05, 3.63) is 101 Å². The highest BCUT2D eigenvalue weighted by atomic mass is 19.4. The fraction of sp³-hybridized carbons (Fsp3) is 0.0800. The molecular weight excluding hydrogens is 401 g/mol. The fourth-order valence-corrected chi connectivity index (χ4v) is 3.97. The molecule has 1 amide bonds. The predicted molar refractivity (Wildman–Crippen MR) is 115 cm³/mol. The van der Waals surface area contributed by atoms with Crippen LogP contribution in [0.2, 0.25) is 0 Å². The van der Waals surface area contributed by atoms with Crippen LogP contribution in [0.4, 0.5) is 18.9 Å². The first-order valence-corrected chi connectivity index (χ1v) is 9.76. The van der Waals surface area contributed by atoms with Gasteiger partial charge in [-0.1, -0.05) is 54.6 Å². The van der Waals surface area contributed by atoms with E-state index in [1.165, 1.54) is 6.07 Å². The summed E-state index contributed by atoms with van der Waals surface area (Å²) in [6.07, 6.45) is -0.741. The lowest BCUT2D eigenvalue weighted by Gasteiger charge is -2.08. The van der Waals surface area contributed by atoms with Crippen LogP contribution < -0.4 is 5.32 Å². The lowest BCUT2D eigenvalue weighted by molar-refractivity contribution is -0.137. The Bertz CT molecular complexity index is 1330. The molecule has 0 fully saturated rings. The molecule has 0 bridgehead atoms. The maximum Gasteiger partial charge on any atom is 0.416 e. The maximum absolute atomic E-state index is 13.0. The van der Waals surface area contributed by atoms with Gasteiger partial charge in [-0.25, -0.2) is 0 Å². The first kappa shape index (κ1) is 19.2. The molecule has 4 aromatic rings. The zero-order valence-electron chi connectivity index (χ0n) is 16.3. The zero-order valence-corrected chi connectivity index (χ0v) is 16.3. The SMILES string of the molecule is O=C1Nc2cc(C(F)(F)F)ccc2/C1=C/c1cn(Cc2ccccc2)c2ccccc12. The van der Waals surface area contributed by atoms with Crippen LogP contribution in [-0.2, 0) is 17.5 Å². The Morgan fingerprint density at radius 3 is 2.45 bits per heavy atom. The van der Waals surface area contributed by atoms with E-state index in [-0.39, 0.29) is 5.69 Å². The number of carbonyl (C=O) groups is 1. The van der Waals surface area contributed by atoms with Gasteiger partial charge in [-0.2, -0.15) is 13.2 Å². The van der Waals surface area contributed by atoms with Gasteiger partial charge in [0, 0.05) is 46.0 Å². The van der Waals surface area contributed by atoms with Crippen molar-refractivity contribution in [1.29, 1.82) is 0 Å². The van der Waals surface area contributed by atoms with Gasteiger partial charge in [-0.3, -0.25) is 4.79 Å². The van der Waals surface area contributed by atoms with Crippen LogP contribution in [0.5, 0.6) is 0 Å². The number of hydrogen-bond donors (Lipinski definition) is 1. The zero-order chi connectivity index (χ0) is 21.6. The molecule has 1 aliphatic rings. The second-order valence-corrected chi connectivity index (χ2v) is 7.49. The summed E-state index contributed by atoms with van der Waals surface area (Å²) < 4.78 is 41.2. The summed E-state index contributed by atoms with van der Waals surface area (Å²) in [5.74, 6) is -0.408. The van der Waals surface area contributed by atoms with Crippen LogP contribution in [0.25, 0.3) is 22.6 Å². The molecular formula is C25H17F3N2O. The number of rotatable bonds is 3. The minimum absolute atomic E-state index is 0.180. The van der Waals surface area contributed by atoms with E-state index in [4.69, 9.17) is 0 Å². The van der Waals surface area contributed by atoms with E-state index < -0.39 is 17.6 Å². The van der Waals surface area contributed by atoms with Crippen molar-refractivity contribution < 1.29 is 18.0 Å². The highest BCUT2D eigenvalue weighted by molar-refractivity contribution is 6.35. The second kappa shape index (κ2) is 7.16. The van der Waals surface area contributed by atoms with Crippen molar-refractivity contribution in [3.63, 3.8) is 0 Å². The van der Waals surface area contributed by atoms with Crippen molar-refractivity contribution >= 4 is 34.1 Å². The van der Waals surface area contributed by atoms with E-state index >= 15 is 0 Å². The van der Waals surface area contributed by atoms with Gasteiger partial charge < -0.3 is 9.88 Å². The van der Waals surface area contributed by atoms with Gasteiger partial charge in [0.25, 0.3) is 5.91 Å². The molecule has 0 aliphatic carbocycles. The Hall–Kier alpha value is -3.80. The number of amides is 1. The van der Waals surface area contributed by atoms with E-state index in [1.54, 1.807) is 6.08 Å². The highest BCUT2D eigenvalue weighted by Crippen LogP contribution is 2.39. The van der Waals surface area contributed by atoms with E-state index in [0.717, 1.165) is 34.2 Å². The van der Waals surface area contributed by atoms with E-state index in [0.29, 0.717) is 17.7 Å². The standard InChI is InChI=1S/C25H17F3N2O/c26-25(27,28)18-10-11-20-21(24(31)29-22(20)13-18)12-17-15-30(14-16-6-2-1-3-7-16)23-9-5-4-8-19(17)23/h1-13,15H,14H2,(H,29,31)/b21-12-. The van der Waals surface area contributed by atoms with Gasteiger partial charge in [0.2, 0.25) is 0 Å². The van der Waals surface area contributed by atoms with Gasteiger partial charge in [-0.15, -0.1) is 0 Å². The number of carbonyl (C=O) groups excluding carboxylic acids is 1. The average Bonchev–Trinajstić information content (AvgIpc) is 3.25. The number of nitrogens with one attached hydrogen (secondary N) is 1. The third-order valence-corrected chi connectivity index (χ3v) is 5.44. The molecule has 6 heteroatoms. The van der Waals surface area contributed by atoms with Crippen molar-refractivity contribution in [2.45, 2.75) is 12.7 Å². The molecule has 1 N–H and O–H groups in total. The Morgan fingerprint density at radius 2 is 1.68 bits per heavy atom. The van der Waals surface area contributed by atoms with Crippen LogP contribution >= 0.6 is 0 Å². The number of hydrogen-bond acceptors (Lipinski definition) is 1. The van der Waals surface area contributed by atoms with E-state index in [1.807, 2.05) is 60.8 Å². The quantitative estimate of drug-likeness (QED) is 0.395. The third kappa shape index (κ3) is 3.50. The van der Waals surface area contributed by atoms with E-state index in [9.17, 15) is 18.0 Å². The smallest absolute Gasteiger partial charge is 0.342 e. The summed E-state index contributed by atoms with van der Waals surface area (Å²) in [4.78, 5) is 12.6. The predicted octanol–water partition coefficient (Wildman–Crippen LogP) is 6.20. The summed E-state index contributed by atoms with van der Waals surface area (Å²) in [6.45, 7) is 0.669. The number of benzene rings is 3. The molecule has 3 nitrogen and oxygen atoms in total. The number of aromatic nitrogens is 1. The molecule has 1 aromatic heterocycles. The second-order valence-electron chi connectivity index (χ2n) is 7.49.